The largest absolute Gasteiger partial charge is 0.491 e. The Bertz CT molecular complexity index is 1200. The van der Waals surface area contributed by atoms with Crippen LogP contribution in [-0.2, 0) is 4.79 Å². The Labute approximate surface area is 185 Å². The summed E-state index contributed by atoms with van der Waals surface area (Å²) in [6.45, 7) is 0. The summed E-state index contributed by atoms with van der Waals surface area (Å²) in [6, 6.07) is 5.43. The van der Waals surface area contributed by atoms with E-state index in [-0.39, 0.29) is 33.5 Å². The van der Waals surface area contributed by atoms with Gasteiger partial charge < -0.3 is 20.5 Å². The Morgan fingerprint density at radius 1 is 1.10 bits per heavy atom. The molecule has 3 rings (SSSR count). The zero-order valence-corrected chi connectivity index (χ0v) is 17.5. The first-order chi connectivity index (χ1) is 14.7. The lowest BCUT2D eigenvalue weighted by molar-refractivity contribution is -0.137. The molecule has 1 aromatic heterocycles. The molecule has 3 aromatic rings. The number of aromatic nitrogens is 1. The van der Waals surface area contributed by atoms with Gasteiger partial charge in [0.1, 0.15) is 5.69 Å². The number of carbonyl (C=O) groups excluding carboxylic acids is 1. The van der Waals surface area contributed by atoms with E-state index < -0.39 is 28.8 Å². The third kappa shape index (κ3) is 4.68. The van der Waals surface area contributed by atoms with Crippen molar-refractivity contribution in [3.8, 4) is 5.75 Å². The topological polar surface area (TPSA) is 135 Å². The summed E-state index contributed by atoms with van der Waals surface area (Å²) in [7, 11) is 1.24. The number of aliphatic carboxylic acids is 1. The summed E-state index contributed by atoms with van der Waals surface area (Å²) in [4.78, 5) is 50.8. The quantitative estimate of drug-likeness (QED) is 0.434. The van der Waals surface area contributed by atoms with Gasteiger partial charge in [-0.05, 0) is 17.7 Å². The number of nitrogens with zero attached hydrogens (tertiary/aromatic N) is 1. The van der Waals surface area contributed by atoms with E-state index in [4.69, 9.17) is 27.9 Å². The predicted octanol–water partition coefficient (Wildman–Crippen LogP) is 2.87. The van der Waals surface area contributed by atoms with Crippen LogP contribution in [0.4, 0.5) is 11.4 Å². The number of ether oxygens (including phenoxy) is 1. The van der Waals surface area contributed by atoms with Crippen LogP contribution >= 0.6 is 23.2 Å². The Kier molecular flexibility index (Phi) is 6.57. The van der Waals surface area contributed by atoms with Gasteiger partial charge in [0.2, 0.25) is 0 Å². The van der Waals surface area contributed by atoms with Crippen LogP contribution in [-0.4, -0.2) is 29.1 Å². The minimum Gasteiger partial charge on any atom is -0.491 e. The molecule has 9 nitrogen and oxygen atoms in total. The van der Waals surface area contributed by atoms with Crippen molar-refractivity contribution in [2.24, 2.45) is 0 Å². The Morgan fingerprint density at radius 3 is 2.26 bits per heavy atom. The smallest absolute Gasteiger partial charge is 0.305 e. The Hall–Kier alpha value is -3.43. The van der Waals surface area contributed by atoms with E-state index in [1.54, 1.807) is 24.3 Å². The van der Waals surface area contributed by atoms with Crippen LogP contribution in [0.1, 0.15) is 28.4 Å². The monoisotopic (exact) mass is 463 g/mol. The van der Waals surface area contributed by atoms with Gasteiger partial charge in [0.25, 0.3) is 16.8 Å². The molecule has 0 bridgehead atoms. The third-order valence-electron chi connectivity index (χ3n) is 4.42. The molecule has 0 saturated carbocycles. The van der Waals surface area contributed by atoms with Gasteiger partial charge >= 0.3 is 5.97 Å². The van der Waals surface area contributed by atoms with E-state index in [0.717, 1.165) is 0 Å². The SMILES string of the molecule is COc1c(NC(CC(=O)O)c2ccc(NC(=O)c3c(Cl)cncc3Cl)cc2)c(=O)c1=O. The fourth-order valence-electron chi connectivity index (χ4n) is 2.92. The minimum atomic E-state index is -1.12. The first-order valence-electron chi connectivity index (χ1n) is 8.78. The lowest BCUT2D eigenvalue weighted by Crippen LogP contribution is -2.36. The molecule has 160 valence electrons. The minimum absolute atomic E-state index is 0.0695. The summed E-state index contributed by atoms with van der Waals surface area (Å²) >= 11 is 12.0. The average Bonchev–Trinajstić information content (AvgIpc) is 2.72. The summed E-state index contributed by atoms with van der Waals surface area (Å²) in [6.07, 6.45) is 2.22. The van der Waals surface area contributed by atoms with Crippen LogP contribution in [0.25, 0.3) is 0 Å². The van der Waals surface area contributed by atoms with E-state index >= 15 is 0 Å². The Morgan fingerprint density at radius 2 is 1.71 bits per heavy atom. The molecular weight excluding hydrogens is 449 g/mol. The van der Waals surface area contributed by atoms with Gasteiger partial charge in [0, 0.05) is 18.1 Å². The molecule has 1 unspecified atom stereocenters. The number of carboxylic acids is 1. The standard InChI is InChI=1S/C20H15Cl2N3O6/c1-31-19-16(17(28)18(19)29)25-13(6-14(26)27)9-2-4-10(5-3-9)24-20(30)15-11(21)7-23-8-12(15)22/h2-5,7-8,13,25H,6H2,1H3,(H,24,30)(H,26,27). The third-order valence-corrected chi connectivity index (χ3v) is 4.99. The molecule has 3 N–H and O–H groups in total. The van der Waals surface area contributed by atoms with Crippen molar-refractivity contribution >= 4 is 46.5 Å². The molecule has 0 radical (unpaired) electrons. The van der Waals surface area contributed by atoms with Crippen LogP contribution in [0.2, 0.25) is 10.0 Å². The van der Waals surface area contributed by atoms with Crippen molar-refractivity contribution in [3.63, 3.8) is 0 Å². The van der Waals surface area contributed by atoms with Crippen LogP contribution in [0, 0.1) is 0 Å². The van der Waals surface area contributed by atoms with Crippen LogP contribution in [0.15, 0.2) is 46.2 Å². The fourth-order valence-corrected chi connectivity index (χ4v) is 3.45. The number of hydrogen-bond acceptors (Lipinski definition) is 7. The number of carboxylic acid groups (broad SMARTS) is 1. The van der Waals surface area contributed by atoms with Crippen LogP contribution in [0.5, 0.6) is 5.75 Å². The van der Waals surface area contributed by atoms with Gasteiger partial charge in [-0.3, -0.25) is 24.2 Å². The normalized spacial score (nSPS) is 11.7. The molecule has 0 aliphatic carbocycles. The van der Waals surface area contributed by atoms with Gasteiger partial charge in [-0.25, -0.2) is 0 Å². The van der Waals surface area contributed by atoms with Gasteiger partial charge in [0.15, 0.2) is 5.75 Å². The summed E-state index contributed by atoms with van der Waals surface area (Å²) < 4.78 is 4.87. The lowest BCUT2D eigenvalue weighted by Gasteiger charge is -2.21. The highest BCUT2D eigenvalue weighted by atomic mass is 35.5. The maximum atomic E-state index is 12.5. The average molecular weight is 464 g/mol. The Balaban J connectivity index is 1.80. The van der Waals surface area contributed by atoms with Crippen molar-refractivity contribution in [2.45, 2.75) is 12.5 Å². The number of pyridine rings is 1. The van der Waals surface area contributed by atoms with E-state index in [1.807, 2.05) is 0 Å². The zero-order valence-electron chi connectivity index (χ0n) is 15.9. The van der Waals surface area contributed by atoms with Gasteiger partial charge in [0.05, 0.1) is 35.2 Å². The van der Waals surface area contributed by atoms with Crippen LogP contribution < -0.4 is 26.2 Å². The number of amides is 1. The van der Waals surface area contributed by atoms with Crippen molar-refractivity contribution < 1.29 is 19.4 Å². The number of carbonyl (C=O) groups is 2. The molecule has 1 amide bonds. The lowest BCUT2D eigenvalue weighted by atomic mass is 10.0. The highest BCUT2D eigenvalue weighted by molar-refractivity contribution is 6.40. The second-order valence-corrected chi connectivity index (χ2v) is 7.23. The number of benzene rings is 1. The fraction of sp³-hybridized carbons (Fsp3) is 0.150. The molecule has 0 aliphatic heterocycles. The first kappa shape index (κ1) is 22.3. The second kappa shape index (κ2) is 9.15. The summed E-state index contributed by atoms with van der Waals surface area (Å²) in [5, 5.41) is 14.8. The maximum Gasteiger partial charge on any atom is 0.305 e. The first-order valence-corrected chi connectivity index (χ1v) is 9.54. The van der Waals surface area contributed by atoms with E-state index in [2.05, 4.69) is 15.6 Å². The molecule has 31 heavy (non-hydrogen) atoms. The second-order valence-electron chi connectivity index (χ2n) is 6.42. The zero-order chi connectivity index (χ0) is 22.7. The molecule has 0 saturated heterocycles. The van der Waals surface area contributed by atoms with Crippen LogP contribution in [0.3, 0.4) is 0 Å². The molecule has 11 heteroatoms. The van der Waals surface area contributed by atoms with E-state index in [0.29, 0.717) is 11.3 Å². The highest BCUT2D eigenvalue weighted by Crippen LogP contribution is 2.28. The molecule has 1 heterocycles. The number of rotatable bonds is 8. The number of hydrogen-bond donors (Lipinski definition) is 3. The van der Waals surface area contributed by atoms with Crippen molar-refractivity contribution in [3.05, 3.63) is 78.3 Å². The maximum absolute atomic E-state index is 12.5. The molecule has 0 fully saturated rings. The molecule has 1 atom stereocenters. The van der Waals surface area contributed by atoms with Gasteiger partial charge in [-0.1, -0.05) is 35.3 Å². The molecule has 0 aliphatic rings. The van der Waals surface area contributed by atoms with E-state index in [9.17, 15) is 24.3 Å². The predicted molar refractivity (Wildman–Crippen MR) is 115 cm³/mol. The summed E-state index contributed by atoms with van der Waals surface area (Å²) in [5.74, 6) is -1.80. The molecule has 2 aromatic carbocycles. The van der Waals surface area contributed by atoms with Crippen molar-refractivity contribution in [2.75, 3.05) is 17.7 Å². The highest BCUT2D eigenvalue weighted by Gasteiger charge is 2.26. The van der Waals surface area contributed by atoms with E-state index in [1.165, 1.54) is 19.5 Å². The van der Waals surface area contributed by atoms with Crippen molar-refractivity contribution in [1.29, 1.82) is 0 Å². The number of nitrogens with one attached hydrogen (secondary N) is 2. The number of methoxy groups -OCH3 is 1. The van der Waals surface area contributed by atoms with Gasteiger partial charge in [-0.2, -0.15) is 0 Å². The number of anilines is 2. The van der Waals surface area contributed by atoms with Crippen molar-refractivity contribution in [1.82, 2.24) is 4.98 Å². The molecule has 0 spiro atoms. The van der Waals surface area contributed by atoms with Gasteiger partial charge in [-0.15, -0.1) is 0 Å². The molecular formula is C20H15Cl2N3O6. The number of halogens is 2. The summed E-state index contributed by atoms with van der Waals surface area (Å²) in [5.41, 5.74) is -0.639.